The van der Waals surface area contributed by atoms with Crippen molar-refractivity contribution in [2.45, 2.75) is 24.1 Å². The fourth-order valence-electron chi connectivity index (χ4n) is 1.04. The van der Waals surface area contributed by atoms with Crippen LogP contribution in [0.15, 0.2) is 17.4 Å². The number of nitrogens with zero attached hydrogens (tertiary/aromatic N) is 3. The summed E-state index contributed by atoms with van der Waals surface area (Å²) in [6.07, 6.45) is 2.75. The summed E-state index contributed by atoms with van der Waals surface area (Å²) in [5.74, 6) is -0.869. The van der Waals surface area contributed by atoms with Gasteiger partial charge in [0.25, 0.3) is 0 Å². The van der Waals surface area contributed by atoms with Crippen LogP contribution in [0, 0.1) is 17.2 Å². The van der Waals surface area contributed by atoms with Crippen LogP contribution in [0.2, 0.25) is 0 Å². The van der Waals surface area contributed by atoms with Crippen molar-refractivity contribution in [3.05, 3.63) is 18.1 Å². The zero-order valence-corrected chi connectivity index (χ0v) is 9.73. The number of thioether (sulfide) groups is 1. The summed E-state index contributed by atoms with van der Waals surface area (Å²) in [4.78, 5) is 18.7. The molecule has 0 aliphatic rings. The Bertz CT molecular complexity index is 411. The van der Waals surface area contributed by atoms with Gasteiger partial charge in [-0.25, -0.2) is 9.97 Å². The van der Waals surface area contributed by atoms with Gasteiger partial charge < -0.3 is 5.11 Å². The number of hydrogen-bond donors (Lipinski definition) is 1. The van der Waals surface area contributed by atoms with Crippen LogP contribution in [0.3, 0.4) is 0 Å². The molecule has 0 radical (unpaired) electrons. The average molecular weight is 237 g/mol. The molecule has 0 saturated carbocycles. The van der Waals surface area contributed by atoms with E-state index < -0.39 is 11.2 Å². The first-order valence-corrected chi connectivity index (χ1v) is 5.54. The van der Waals surface area contributed by atoms with Crippen LogP contribution in [-0.4, -0.2) is 26.3 Å². The van der Waals surface area contributed by atoms with Crippen LogP contribution < -0.4 is 0 Å². The standard InChI is InChI=1S/C10H11N3O2S/c1-6(2)9(10(14)15)16-8-5-12-7(3-11)4-13-8/h4-6,9H,1-2H3,(H,14,15). The fourth-order valence-corrected chi connectivity index (χ4v) is 1.90. The van der Waals surface area contributed by atoms with Crippen molar-refractivity contribution in [1.82, 2.24) is 9.97 Å². The highest BCUT2D eigenvalue weighted by Crippen LogP contribution is 2.26. The Morgan fingerprint density at radius 3 is 2.56 bits per heavy atom. The second-order valence-corrected chi connectivity index (χ2v) is 4.63. The van der Waals surface area contributed by atoms with E-state index in [4.69, 9.17) is 10.4 Å². The Morgan fingerprint density at radius 1 is 1.50 bits per heavy atom. The van der Waals surface area contributed by atoms with Gasteiger partial charge in [0.2, 0.25) is 0 Å². The molecule has 0 aliphatic heterocycles. The highest BCUT2D eigenvalue weighted by molar-refractivity contribution is 8.00. The molecule has 0 bridgehead atoms. The molecule has 84 valence electrons. The van der Waals surface area contributed by atoms with E-state index >= 15 is 0 Å². The summed E-state index contributed by atoms with van der Waals surface area (Å²) >= 11 is 1.14. The molecule has 5 nitrogen and oxygen atoms in total. The van der Waals surface area contributed by atoms with Crippen molar-refractivity contribution in [2.24, 2.45) is 5.92 Å². The van der Waals surface area contributed by atoms with Crippen LogP contribution in [0.25, 0.3) is 0 Å². The van der Waals surface area contributed by atoms with Gasteiger partial charge in [0.15, 0.2) is 5.69 Å². The molecule has 0 spiro atoms. The van der Waals surface area contributed by atoms with E-state index in [-0.39, 0.29) is 11.6 Å². The molecule has 1 atom stereocenters. The second-order valence-electron chi connectivity index (χ2n) is 3.47. The van der Waals surface area contributed by atoms with Crippen molar-refractivity contribution in [3.63, 3.8) is 0 Å². The molecule has 1 heterocycles. The molecule has 1 N–H and O–H groups in total. The van der Waals surface area contributed by atoms with E-state index in [0.717, 1.165) is 11.8 Å². The maximum absolute atomic E-state index is 10.9. The predicted molar refractivity (Wildman–Crippen MR) is 58.9 cm³/mol. The number of hydrogen-bond acceptors (Lipinski definition) is 5. The third kappa shape index (κ3) is 3.21. The Morgan fingerprint density at radius 2 is 2.19 bits per heavy atom. The van der Waals surface area contributed by atoms with Crippen LogP contribution in [0.5, 0.6) is 0 Å². The molecule has 0 amide bonds. The summed E-state index contributed by atoms with van der Waals surface area (Å²) in [6.45, 7) is 3.67. The van der Waals surface area contributed by atoms with E-state index in [9.17, 15) is 4.79 Å². The van der Waals surface area contributed by atoms with Gasteiger partial charge in [-0.05, 0) is 5.92 Å². The number of nitriles is 1. The summed E-state index contributed by atoms with van der Waals surface area (Å²) in [7, 11) is 0. The third-order valence-electron chi connectivity index (χ3n) is 1.84. The molecule has 16 heavy (non-hydrogen) atoms. The van der Waals surface area contributed by atoms with E-state index in [2.05, 4.69) is 9.97 Å². The number of carbonyl (C=O) groups is 1. The van der Waals surface area contributed by atoms with Crippen LogP contribution in [-0.2, 0) is 4.79 Å². The Hall–Kier alpha value is -1.61. The van der Waals surface area contributed by atoms with Crippen LogP contribution in [0.4, 0.5) is 0 Å². The largest absolute Gasteiger partial charge is 0.480 e. The van der Waals surface area contributed by atoms with Gasteiger partial charge in [-0.1, -0.05) is 25.6 Å². The van der Waals surface area contributed by atoms with Crippen molar-refractivity contribution in [2.75, 3.05) is 0 Å². The quantitative estimate of drug-likeness (QED) is 0.799. The molecule has 6 heteroatoms. The van der Waals surface area contributed by atoms with Crippen LogP contribution in [0.1, 0.15) is 19.5 Å². The normalized spacial score (nSPS) is 12.1. The summed E-state index contributed by atoms with van der Waals surface area (Å²) in [5, 5.41) is 17.5. The zero-order valence-electron chi connectivity index (χ0n) is 8.91. The van der Waals surface area contributed by atoms with Gasteiger partial charge in [0.05, 0.1) is 12.4 Å². The molecule has 0 aliphatic carbocycles. The molecule has 0 aromatic carbocycles. The lowest BCUT2D eigenvalue weighted by atomic mass is 10.1. The number of aliphatic carboxylic acids is 1. The van der Waals surface area contributed by atoms with E-state index in [0.29, 0.717) is 5.03 Å². The Kier molecular flexibility index (Phi) is 4.26. The van der Waals surface area contributed by atoms with E-state index in [1.165, 1.54) is 12.4 Å². The molecule has 1 rings (SSSR count). The molecule has 0 saturated heterocycles. The Balaban J connectivity index is 2.78. The molecule has 0 fully saturated rings. The van der Waals surface area contributed by atoms with Gasteiger partial charge in [-0.3, -0.25) is 4.79 Å². The first kappa shape index (κ1) is 12.5. The maximum Gasteiger partial charge on any atom is 0.317 e. The van der Waals surface area contributed by atoms with Gasteiger partial charge in [-0.2, -0.15) is 5.26 Å². The fraction of sp³-hybridized carbons (Fsp3) is 0.400. The van der Waals surface area contributed by atoms with E-state index in [1.54, 1.807) is 0 Å². The first-order chi connectivity index (χ1) is 7.54. The summed E-state index contributed by atoms with van der Waals surface area (Å²) in [5.41, 5.74) is 0.223. The summed E-state index contributed by atoms with van der Waals surface area (Å²) in [6, 6.07) is 1.85. The minimum atomic E-state index is -0.869. The van der Waals surface area contributed by atoms with Gasteiger partial charge >= 0.3 is 5.97 Å². The lowest BCUT2D eigenvalue weighted by molar-refractivity contribution is -0.137. The number of aromatic nitrogens is 2. The Labute approximate surface area is 97.5 Å². The van der Waals surface area contributed by atoms with E-state index in [1.807, 2.05) is 19.9 Å². The van der Waals surface area contributed by atoms with Crippen molar-refractivity contribution in [3.8, 4) is 6.07 Å². The third-order valence-corrected chi connectivity index (χ3v) is 3.29. The number of carboxylic acid groups (broad SMARTS) is 1. The minimum absolute atomic E-state index is 0.0000525. The second kappa shape index (κ2) is 5.47. The zero-order chi connectivity index (χ0) is 12.1. The minimum Gasteiger partial charge on any atom is -0.480 e. The topological polar surface area (TPSA) is 86.9 Å². The van der Waals surface area contributed by atoms with Gasteiger partial charge in [-0.15, -0.1) is 0 Å². The van der Waals surface area contributed by atoms with Gasteiger partial charge in [0.1, 0.15) is 16.3 Å². The molecule has 1 aromatic heterocycles. The predicted octanol–water partition coefficient (Wildman–Crippen LogP) is 1.55. The maximum atomic E-state index is 10.9. The monoisotopic (exact) mass is 237 g/mol. The molecule has 1 unspecified atom stereocenters. The molecular formula is C10H11N3O2S. The lowest BCUT2D eigenvalue weighted by Crippen LogP contribution is -2.22. The molecule has 1 aromatic rings. The molecular weight excluding hydrogens is 226 g/mol. The highest BCUT2D eigenvalue weighted by Gasteiger charge is 2.23. The average Bonchev–Trinajstić information content (AvgIpc) is 2.25. The van der Waals surface area contributed by atoms with Crippen molar-refractivity contribution in [1.29, 1.82) is 5.26 Å². The van der Waals surface area contributed by atoms with Crippen molar-refractivity contribution >= 4 is 17.7 Å². The van der Waals surface area contributed by atoms with Gasteiger partial charge in [0, 0.05) is 0 Å². The lowest BCUT2D eigenvalue weighted by Gasteiger charge is -2.14. The number of carboxylic acids is 1. The van der Waals surface area contributed by atoms with Crippen molar-refractivity contribution < 1.29 is 9.90 Å². The summed E-state index contributed by atoms with van der Waals surface area (Å²) < 4.78 is 0. The smallest absolute Gasteiger partial charge is 0.317 e. The first-order valence-electron chi connectivity index (χ1n) is 4.66. The number of rotatable bonds is 4. The highest BCUT2D eigenvalue weighted by atomic mass is 32.2. The van der Waals surface area contributed by atoms with Crippen LogP contribution >= 0.6 is 11.8 Å². The SMILES string of the molecule is CC(C)C(Sc1cnc(C#N)cn1)C(=O)O.